The molecule has 0 aliphatic heterocycles. The van der Waals surface area contributed by atoms with E-state index in [9.17, 15) is 13.2 Å². The largest absolute Gasteiger partial charge is 0.341 e. The van der Waals surface area contributed by atoms with Crippen molar-refractivity contribution in [3.63, 3.8) is 0 Å². The van der Waals surface area contributed by atoms with E-state index in [0.717, 1.165) is 0 Å². The summed E-state index contributed by atoms with van der Waals surface area (Å²) in [6.45, 7) is 8.57. The zero-order chi connectivity index (χ0) is 17.7. The van der Waals surface area contributed by atoms with Gasteiger partial charge < -0.3 is 10.6 Å². The van der Waals surface area contributed by atoms with Crippen molar-refractivity contribution in [3.05, 3.63) is 42.5 Å². The van der Waals surface area contributed by atoms with Crippen LogP contribution in [0.15, 0.2) is 41.8 Å². The number of nitrogens with zero attached hydrogens (tertiary/aromatic N) is 1. The number of rotatable bonds is 8. The van der Waals surface area contributed by atoms with E-state index in [2.05, 4.69) is 11.3 Å². The molecule has 1 aromatic carbocycles. The molecule has 23 heavy (non-hydrogen) atoms. The number of carbonyl (C=O) groups is 1. The van der Waals surface area contributed by atoms with Crippen LogP contribution >= 0.6 is 0 Å². The van der Waals surface area contributed by atoms with Crippen molar-refractivity contribution in [2.45, 2.75) is 18.7 Å². The van der Waals surface area contributed by atoms with Crippen LogP contribution in [0.3, 0.4) is 0 Å². The van der Waals surface area contributed by atoms with Gasteiger partial charge in [-0.15, -0.1) is 6.58 Å². The highest BCUT2D eigenvalue weighted by molar-refractivity contribution is 7.89. The summed E-state index contributed by atoms with van der Waals surface area (Å²) in [6, 6.07) is 5.86. The third-order valence-electron chi connectivity index (χ3n) is 3.39. The summed E-state index contributed by atoms with van der Waals surface area (Å²) in [6.07, 6.45) is 1.46. The van der Waals surface area contributed by atoms with Crippen LogP contribution in [0.4, 0.5) is 0 Å². The molecule has 0 fully saturated rings. The number of hydrogen-bond acceptors (Lipinski definition) is 4. The van der Waals surface area contributed by atoms with E-state index >= 15 is 0 Å². The van der Waals surface area contributed by atoms with Gasteiger partial charge in [-0.05, 0) is 36.2 Å². The van der Waals surface area contributed by atoms with Crippen molar-refractivity contribution in [3.8, 4) is 0 Å². The molecule has 3 N–H and O–H groups in total. The Labute approximate surface area is 138 Å². The minimum absolute atomic E-state index is 0.112. The Morgan fingerprint density at radius 1 is 1.35 bits per heavy atom. The third-order valence-corrected chi connectivity index (χ3v) is 4.83. The summed E-state index contributed by atoms with van der Waals surface area (Å²) >= 11 is 0. The van der Waals surface area contributed by atoms with Gasteiger partial charge in [-0.3, -0.25) is 4.79 Å². The van der Waals surface area contributed by atoms with Gasteiger partial charge in [0.05, 0.1) is 4.90 Å². The van der Waals surface area contributed by atoms with Crippen LogP contribution in [-0.2, 0) is 10.0 Å². The maximum absolute atomic E-state index is 12.4. The third kappa shape index (κ3) is 5.46. The molecular weight excluding hydrogens is 314 g/mol. The molecule has 0 radical (unpaired) electrons. The number of benzene rings is 1. The Balaban J connectivity index is 2.88. The molecular formula is C16H25N3O3S. The van der Waals surface area contributed by atoms with Crippen molar-refractivity contribution in [1.82, 2.24) is 9.62 Å². The molecule has 6 nitrogen and oxygen atoms in total. The SMILES string of the molecule is C=CCNS(=O)(=O)c1ccc(C(=O)N(C)CC(C)(C)CN)cc1. The molecule has 0 aliphatic rings. The van der Waals surface area contributed by atoms with Crippen molar-refractivity contribution in [2.75, 3.05) is 26.7 Å². The lowest BCUT2D eigenvalue weighted by atomic mass is 9.93. The Morgan fingerprint density at radius 3 is 2.39 bits per heavy atom. The number of carbonyl (C=O) groups excluding carboxylic acids is 1. The molecule has 0 aromatic heterocycles. The van der Waals surface area contributed by atoms with Crippen LogP contribution in [0.5, 0.6) is 0 Å². The second-order valence-electron chi connectivity index (χ2n) is 6.19. The lowest BCUT2D eigenvalue weighted by molar-refractivity contribution is 0.0740. The minimum Gasteiger partial charge on any atom is -0.341 e. The highest BCUT2D eigenvalue weighted by Gasteiger charge is 2.22. The minimum atomic E-state index is -3.58. The zero-order valence-corrected chi connectivity index (χ0v) is 14.7. The average Bonchev–Trinajstić information content (AvgIpc) is 2.52. The van der Waals surface area contributed by atoms with Crippen LogP contribution < -0.4 is 10.5 Å². The van der Waals surface area contributed by atoms with Gasteiger partial charge in [-0.2, -0.15) is 0 Å². The fraction of sp³-hybridized carbons (Fsp3) is 0.438. The van der Waals surface area contributed by atoms with Gasteiger partial charge in [0.2, 0.25) is 10.0 Å². The van der Waals surface area contributed by atoms with E-state index in [-0.39, 0.29) is 22.8 Å². The van der Waals surface area contributed by atoms with E-state index in [4.69, 9.17) is 5.73 Å². The zero-order valence-electron chi connectivity index (χ0n) is 13.9. The van der Waals surface area contributed by atoms with Crippen LogP contribution in [0, 0.1) is 5.41 Å². The molecule has 0 bridgehead atoms. The second kappa shape index (κ2) is 7.72. The van der Waals surface area contributed by atoms with Crippen LogP contribution in [0.1, 0.15) is 24.2 Å². The molecule has 0 atom stereocenters. The number of amides is 1. The molecule has 0 heterocycles. The molecule has 1 rings (SSSR count). The summed E-state index contributed by atoms with van der Waals surface area (Å²) in [4.78, 5) is 14.1. The lowest BCUT2D eigenvalue weighted by Gasteiger charge is -2.29. The molecule has 0 saturated heterocycles. The first-order chi connectivity index (χ1) is 10.6. The first kappa shape index (κ1) is 19.3. The van der Waals surface area contributed by atoms with Gasteiger partial charge in [0, 0.05) is 25.7 Å². The Hall–Kier alpha value is -1.70. The molecule has 7 heteroatoms. The van der Waals surface area contributed by atoms with Crippen LogP contribution in [0.25, 0.3) is 0 Å². The highest BCUT2D eigenvalue weighted by atomic mass is 32.2. The highest BCUT2D eigenvalue weighted by Crippen LogP contribution is 2.17. The van der Waals surface area contributed by atoms with Gasteiger partial charge in [-0.25, -0.2) is 13.1 Å². The summed E-state index contributed by atoms with van der Waals surface area (Å²) in [5, 5.41) is 0. The Bertz CT molecular complexity index is 652. The fourth-order valence-corrected chi connectivity index (χ4v) is 3.03. The first-order valence-electron chi connectivity index (χ1n) is 7.29. The van der Waals surface area contributed by atoms with Crippen LogP contribution in [-0.4, -0.2) is 45.9 Å². The van der Waals surface area contributed by atoms with Gasteiger partial charge in [-0.1, -0.05) is 19.9 Å². The lowest BCUT2D eigenvalue weighted by Crippen LogP contribution is -2.39. The predicted octanol–water partition coefficient (Wildman–Crippen LogP) is 1.21. The average molecular weight is 339 g/mol. The van der Waals surface area contributed by atoms with Crippen molar-refractivity contribution in [2.24, 2.45) is 11.1 Å². The molecule has 128 valence electrons. The molecule has 0 unspecified atom stereocenters. The normalized spacial score (nSPS) is 12.0. The van der Waals surface area contributed by atoms with Gasteiger partial charge >= 0.3 is 0 Å². The topological polar surface area (TPSA) is 92.5 Å². The van der Waals surface area contributed by atoms with Gasteiger partial charge in [0.1, 0.15) is 0 Å². The number of nitrogens with two attached hydrogens (primary N) is 1. The molecule has 0 saturated carbocycles. The van der Waals surface area contributed by atoms with Gasteiger partial charge in [0.25, 0.3) is 5.91 Å². The summed E-state index contributed by atoms with van der Waals surface area (Å²) in [5.41, 5.74) is 5.94. The molecule has 0 aliphatic carbocycles. The molecule has 0 spiro atoms. The van der Waals surface area contributed by atoms with E-state index in [0.29, 0.717) is 18.7 Å². The summed E-state index contributed by atoms with van der Waals surface area (Å²) in [5.74, 6) is -0.172. The van der Waals surface area contributed by atoms with E-state index in [1.54, 1.807) is 11.9 Å². The summed E-state index contributed by atoms with van der Waals surface area (Å²) in [7, 11) is -1.88. The monoisotopic (exact) mass is 339 g/mol. The number of sulfonamides is 1. The van der Waals surface area contributed by atoms with E-state index in [1.165, 1.54) is 30.3 Å². The molecule has 1 aromatic rings. The predicted molar refractivity (Wildman–Crippen MR) is 91.6 cm³/mol. The smallest absolute Gasteiger partial charge is 0.253 e. The Kier molecular flexibility index (Phi) is 6.49. The number of nitrogens with one attached hydrogen (secondary N) is 1. The fourth-order valence-electron chi connectivity index (χ4n) is 2.03. The van der Waals surface area contributed by atoms with E-state index in [1.807, 2.05) is 13.8 Å². The van der Waals surface area contributed by atoms with Crippen molar-refractivity contribution in [1.29, 1.82) is 0 Å². The maximum atomic E-state index is 12.4. The van der Waals surface area contributed by atoms with Gasteiger partial charge in [0.15, 0.2) is 0 Å². The van der Waals surface area contributed by atoms with Crippen LogP contribution in [0.2, 0.25) is 0 Å². The quantitative estimate of drug-likeness (QED) is 0.696. The Morgan fingerprint density at radius 2 is 1.91 bits per heavy atom. The number of hydrogen-bond donors (Lipinski definition) is 2. The second-order valence-corrected chi connectivity index (χ2v) is 7.96. The molecule has 1 amide bonds. The van der Waals surface area contributed by atoms with Crippen molar-refractivity contribution < 1.29 is 13.2 Å². The standard InChI is InChI=1S/C16H25N3O3S/c1-5-10-18-23(21,22)14-8-6-13(7-9-14)15(20)19(4)12-16(2,3)11-17/h5-9,18H,1,10-12,17H2,2-4H3. The van der Waals surface area contributed by atoms with Crippen molar-refractivity contribution >= 4 is 15.9 Å². The maximum Gasteiger partial charge on any atom is 0.253 e. The summed E-state index contributed by atoms with van der Waals surface area (Å²) < 4.78 is 26.3. The first-order valence-corrected chi connectivity index (χ1v) is 8.77. The van der Waals surface area contributed by atoms with E-state index < -0.39 is 10.0 Å².